The minimum absolute atomic E-state index is 0.586. The average molecular weight is 168 g/mol. The Morgan fingerprint density at radius 2 is 1.92 bits per heavy atom. The Hall–Kier alpha value is -0.0800. The van der Waals surface area contributed by atoms with Gasteiger partial charge in [0.1, 0.15) is 0 Å². The first-order valence-corrected chi connectivity index (χ1v) is 5.09. The molecule has 0 saturated carbocycles. The van der Waals surface area contributed by atoms with Crippen LogP contribution < -0.4 is 0 Å². The summed E-state index contributed by atoms with van der Waals surface area (Å²) in [4.78, 5) is 5.13. The minimum Gasteiger partial charge on any atom is -0.303 e. The summed E-state index contributed by atoms with van der Waals surface area (Å²) in [6.07, 6.45) is 2.83. The van der Waals surface area contributed by atoms with Crippen LogP contribution in [0.1, 0.15) is 26.7 Å². The van der Waals surface area contributed by atoms with Crippen LogP contribution in [0.5, 0.6) is 0 Å². The summed E-state index contributed by atoms with van der Waals surface area (Å²) in [5.74, 6) is 0. The first-order valence-electron chi connectivity index (χ1n) is 5.09. The van der Waals surface area contributed by atoms with Gasteiger partial charge in [-0.05, 0) is 40.3 Å². The maximum atomic E-state index is 2.70. The summed E-state index contributed by atoms with van der Waals surface area (Å²) in [5, 5.41) is 0. The van der Waals surface area contributed by atoms with E-state index >= 15 is 0 Å². The van der Waals surface area contributed by atoms with Gasteiger partial charge in [-0.1, -0.05) is 0 Å². The number of hydrogen-bond acceptors (Lipinski definition) is 2. The highest BCUT2D eigenvalue weighted by Crippen LogP contribution is 2.37. The number of rotatable bonds is 1. The van der Waals surface area contributed by atoms with Crippen LogP contribution in [0.15, 0.2) is 0 Å². The number of hydrogen-bond donors (Lipinski definition) is 0. The van der Waals surface area contributed by atoms with Crippen LogP contribution in [0, 0.1) is 0 Å². The van der Waals surface area contributed by atoms with E-state index in [-0.39, 0.29) is 0 Å². The summed E-state index contributed by atoms with van der Waals surface area (Å²) < 4.78 is 0. The van der Waals surface area contributed by atoms with Gasteiger partial charge in [0, 0.05) is 24.7 Å². The van der Waals surface area contributed by atoms with Crippen LogP contribution in [-0.2, 0) is 0 Å². The molecule has 0 bridgehead atoms. The average Bonchev–Trinajstić information content (AvgIpc) is 2.30. The largest absolute Gasteiger partial charge is 0.303 e. The normalized spacial score (nSPS) is 30.0. The van der Waals surface area contributed by atoms with E-state index in [1.807, 2.05) is 0 Å². The Morgan fingerprint density at radius 1 is 1.25 bits per heavy atom. The second kappa shape index (κ2) is 2.71. The first-order chi connectivity index (χ1) is 5.64. The number of nitrogens with zero attached hydrogens (tertiary/aromatic N) is 2. The molecule has 0 aromatic heterocycles. The van der Waals surface area contributed by atoms with Crippen molar-refractivity contribution in [3.05, 3.63) is 0 Å². The summed E-state index contributed by atoms with van der Waals surface area (Å²) in [5.41, 5.74) is 0.586. The van der Waals surface area contributed by atoms with E-state index in [1.165, 1.54) is 32.5 Å². The Labute approximate surface area is 75.5 Å². The molecular weight excluding hydrogens is 148 g/mol. The van der Waals surface area contributed by atoms with E-state index in [9.17, 15) is 0 Å². The van der Waals surface area contributed by atoms with Crippen molar-refractivity contribution in [2.24, 2.45) is 0 Å². The van der Waals surface area contributed by atoms with Crippen LogP contribution in [-0.4, -0.2) is 48.1 Å². The van der Waals surface area contributed by atoms with Crippen molar-refractivity contribution in [2.45, 2.75) is 38.3 Å². The van der Waals surface area contributed by atoms with Gasteiger partial charge in [-0.2, -0.15) is 0 Å². The topological polar surface area (TPSA) is 6.48 Å². The molecule has 0 radical (unpaired) electrons. The molecule has 0 N–H and O–H groups in total. The third-order valence-corrected chi connectivity index (χ3v) is 3.40. The van der Waals surface area contributed by atoms with Crippen LogP contribution in [0.25, 0.3) is 0 Å². The second-order valence-corrected chi connectivity index (χ2v) is 4.79. The quantitative estimate of drug-likeness (QED) is 0.580. The van der Waals surface area contributed by atoms with Gasteiger partial charge in [0.15, 0.2) is 0 Å². The number of likely N-dealkylation sites (N-methyl/N-ethyl adjacent to an activating group) is 1. The fourth-order valence-corrected chi connectivity index (χ4v) is 3.06. The van der Waals surface area contributed by atoms with Crippen molar-refractivity contribution >= 4 is 0 Å². The lowest BCUT2D eigenvalue weighted by Crippen LogP contribution is -2.67. The van der Waals surface area contributed by atoms with Crippen LogP contribution >= 0.6 is 0 Å². The third kappa shape index (κ3) is 1.09. The molecule has 12 heavy (non-hydrogen) atoms. The van der Waals surface area contributed by atoms with Gasteiger partial charge in [0.05, 0.1) is 0 Å². The van der Waals surface area contributed by atoms with E-state index in [2.05, 4.69) is 30.7 Å². The second-order valence-electron chi connectivity index (χ2n) is 4.79. The maximum absolute atomic E-state index is 2.70. The van der Waals surface area contributed by atoms with Gasteiger partial charge in [0.25, 0.3) is 0 Å². The predicted molar refractivity (Wildman–Crippen MR) is 51.3 cm³/mol. The zero-order valence-electron chi connectivity index (χ0n) is 8.51. The highest BCUT2D eigenvalue weighted by Gasteiger charge is 2.49. The molecule has 2 fully saturated rings. The van der Waals surface area contributed by atoms with Crippen molar-refractivity contribution in [2.75, 3.05) is 26.7 Å². The van der Waals surface area contributed by atoms with Crippen molar-refractivity contribution in [1.82, 2.24) is 9.80 Å². The molecule has 2 heterocycles. The molecule has 70 valence electrons. The Balaban J connectivity index is 2.05. The summed E-state index contributed by atoms with van der Waals surface area (Å²) in [6, 6.07) is 0.737. The van der Waals surface area contributed by atoms with Gasteiger partial charge in [-0.3, -0.25) is 4.90 Å². The highest BCUT2D eigenvalue weighted by atomic mass is 15.4. The summed E-state index contributed by atoms with van der Waals surface area (Å²) in [7, 11) is 2.22. The van der Waals surface area contributed by atoms with E-state index < -0.39 is 0 Å². The Bertz CT molecular complexity index is 171. The van der Waals surface area contributed by atoms with Crippen molar-refractivity contribution in [1.29, 1.82) is 0 Å². The third-order valence-electron chi connectivity index (χ3n) is 3.40. The molecule has 0 atom stereocenters. The van der Waals surface area contributed by atoms with Gasteiger partial charge in [-0.25, -0.2) is 0 Å². The van der Waals surface area contributed by atoms with E-state index in [1.54, 1.807) is 0 Å². The van der Waals surface area contributed by atoms with Crippen molar-refractivity contribution in [3.8, 4) is 0 Å². The number of likely N-dealkylation sites (tertiary alicyclic amines) is 2. The Morgan fingerprint density at radius 3 is 2.42 bits per heavy atom. The minimum atomic E-state index is 0.586. The first kappa shape index (κ1) is 8.52. The highest BCUT2D eigenvalue weighted by molar-refractivity contribution is 5.07. The van der Waals surface area contributed by atoms with Gasteiger partial charge in [0.2, 0.25) is 0 Å². The molecule has 0 aliphatic carbocycles. The lowest BCUT2D eigenvalue weighted by atomic mass is 9.87. The van der Waals surface area contributed by atoms with E-state index in [0.29, 0.717) is 5.54 Å². The smallest absolute Gasteiger partial charge is 0.0466 e. The lowest BCUT2D eigenvalue weighted by molar-refractivity contribution is -0.0293. The molecule has 0 unspecified atom stereocenters. The van der Waals surface area contributed by atoms with Crippen LogP contribution in [0.4, 0.5) is 0 Å². The standard InChI is InChI=1S/C10H20N2/c1-9(2)12-6-4-5-10(12)7-11(3)8-10/h9H,4-8H2,1-3H3. The Kier molecular flexibility index (Phi) is 1.92. The molecule has 2 heteroatoms. The zero-order chi connectivity index (χ0) is 8.77. The molecule has 0 amide bonds. The SMILES string of the molecule is CC(C)N1CCCC12CN(C)C2. The van der Waals surface area contributed by atoms with E-state index in [0.717, 1.165) is 6.04 Å². The molecule has 0 aromatic carbocycles. The molecular formula is C10H20N2. The monoisotopic (exact) mass is 168 g/mol. The zero-order valence-corrected chi connectivity index (χ0v) is 8.51. The molecule has 2 aliphatic heterocycles. The van der Waals surface area contributed by atoms with Crippen LogP contribution in [0.2, 0.25) is 0 Å². The molecule has 1 spiro atoms. The molecule has 0 aromatic rings. The molecule has 2 aliphatic rings. The predicted octanol–water partition coefficient (Wildman–Crippen LogP) is 1.17. The van der Waals surface area contributed by atoms with E-state index in [4.69, 9.17) is 0 Å². The molecule has 2 saturated heterocycles. The summed E-state index contributed by atoms with van der Waals surface area (Å²) >= 11 is 0. The lowest BCUT2D eigenvalue weighted by Gasteiger charge is -2.53. The van der Waals surface area contributed by atoms with Crippen molar-refractivity contribution in [3.63, 3.8) is 0 Å². The van der Waals surface area contributed by atoms with Crippen molar-refractivity contribution < 1.29 is 0 Å². The summed E-state index contributed by atoms with van der Waals surface area (Å²) in [6.45, 7) is 8.57. The fourth-order valence-electron chi connectivity index (χ4n) is 3.06. The van der Waals surface area contributed by atoms with Gasteiger partial charge < -0.3 is 4.90 Å². The molecule has 2 nitrogen and oxygen atoms in total. The van der Waals surface area contributed by atoms with Gasteiger partial charge >= 0.3 is 0 Å². The maximum Gasteiger partial charge on any atom is 0.0466 e. The molecule has 2 rings (SSSR count). The fraction of sp³-hybridized carbons (Fsp3) is 1.00. The van der Waals surface area contributed by atoms with Crippen LogP contribution in [0.3, 0.4) is 0 Å². The van der Waals surface area contributed by atoms with Gasteiger partial charge in [-0.15, -0.1) is 0 Å².